The summed E-state index contributed by atoms with van der Waals surface area (Å²) in [6, 6.07) is 15.9. The van der Waals surface area contributed by atoms with E-state index in [9.17, 15) is 4.79 Å². The number of carbonyl (C=O) groups is 1. The van der Waals surface area contributed by atoms with Crippen molar-refractivity contribution in [1.82, 2.24) is 9.80 Å². The minimum absolute atomic E-state index is 0.00977. The molecule has 3 aliphatic heterocycles. The van der Waals surface area contributed by atoms with Crippen molar-refractivity contribution >= 4 is 5.91 Å². The summed E-state index contributed by atoms with van der Waals surface area (Å²) in [5.74, 6) is 1.79. The molecule has 2 saturated heterocycles. The van der Waals surface area contributed by atoms with Gasteiger partial charge in [0.15, 0.2) is 11.5 Å². The number of ether oxygens (including phenoxy) is 2. The van der Waals surface area contributed by atoms with Crippen LogP contribution in [0.4, 0.5) is 0 Å². The summed E-state index contributed by atoms with van der Waals surface area (Å²) in [5.41, 5.74) is 2.64. The van der Waals surface area contributed by atoms with Crippen molar-refractivity contribution in [1.29, 1.82) is 5.26 Å². The minimum Gasteiger partial charge on any atom is -0.454 e. The van der Waals surface area contributed by atoms with Gasteiger partial charge >= 0.3 is 0 Å². The fourth-order valence-corrected chi connectivity index (χ4v) is 5.88. The van der Waals surface area contributed by atoms with Gasteiger partial charge in [-0.3, -0.25) is 9.69 Å². The normalized spacial score (nSPS) is 28.6. The number of hydrogen-bond acceptors (Lipinski definition) is 5. The number of hydrogen-bond donors (Lipinski definition) is 0. The summed E-state index contributed by atoms with van der Waals surface area (Å²) >= 11 is 0. The van der Waals surface area contributed by atoms with Crippen LogP contribution in [0.3, 0.4) is 0 Å². The maximum absolute atomic E-state index is 13.8. The minimum atomic E-state index is -0.137. The summed E-state index contributed by atoms with van der Waals surface area (Å²) < 4.78 is 10.9. The molecule has 4 atom stereocenters. The lowest BCUT2D eigenvalue weighted by Crippen LogP contribution is -2.47. The van der Waals surface area contributed by atoms with E-state index in [2.05, 4.69) is 38.8 Å². The van der Waals surface area contributed by atoms with Gasteiger partial charge in [-0.25, -0.2) is 0 Å². The quantitative estimate of drug-likeness (QED) is 0.762. The maximum Gasteiger partial charge on any atom is 0.231 e. The SMILES string of the molecule is CC1C2C(C(=O)N1Cc1ccc3c(c1)OCO3)C(c1ccc(C#N)cc1)N(C)C2(C)C. The zero-order chi connectivity index (χ0) is 21.9. The maximum atomic E-state index is 13.8. The van der Waals surface area contributed by atoms with Crippen LogP contribution in [-0.2, 0) is 11.3 Å². The third kappa shape index (κ3) is 2.91. The number of amides is 1. The Labute approximate surface area is 183 Å². The van der Waals surface area contributed by atoms with Crippen molar-refractivity contribution in [3.05, 3.63) is 59.2 Å². The molecule has 5 rings (SSSR count). The van der Waals surface area contributed by atoms with E-state index in [-0.39, 0.29) is 42.2 Å². The van der Waals surface area contributed by atoms with Gasteiger partial charge in [0.2, 0.25) is 12.7 Å². The first-order valence-electron chi connectivity index (χ1n) is 10.7. The number of likely N-dealkylation sites (tertiary alicyclic amines) is 2. The third-order valence-electron chi connectivity index (χ3n) is 7.62. The Kier molecular flexibility index (Phi) is 4.49. The van der Waals surface area contributed by atoms with Crippen molar-refractivity contribution in [3.63, 3.8) is 0 Å². The molecule has 2 aromatic carbocycles. The molecule has 0 aliphatic carbocycles. The standard InChI is InChI=1S/C25H27N3O3/c1-15-22-21(23(27(4)25(22,2)3)18-8-5-16(12-26)6-9-18)24(29)28(15)13-17-7-10-19-20(11-17)31-14-30-19/h5-11,15,21-23H,13-14H2,1-4H3. The van der Waals surface area contributed by atoms with Crippen LogP contribution in [0, 0.1) is 23.2 Å². The van der Waals surface area contributed by atoms with Gasteiger partial charge in [0.05, 0.1) is 17.6 Å². The molecule has 0 N–H and O–H groups in total. The fourth-order valence-electron chi connectivity index (χ4n) is 5.88. The van der Waals surface area contributed by atoms with Crippen LogP contribution in [0.2, 0.25) is 0 Å². The fraction of sp³-hybridized carbons (Fsp3) is 0.440. The van der Waals surface area contributed by atoms with Crippen LogP contribution in [0.1, 0.15) is 43.5 Å². The van der Waals surface area contributed by atoms with Crippen molar-refractivity contribution in [2.45, 2.75) is 44.9 Å². The van der Waals surface area contributed by atoms with Gasteiger partial charge in [-0.1, -0.05) is 18.2 Å². The van der Waals surface area contributed by atoms with Crippen LogP contribution in [-0.4, -0.2) is 41.1 Å². The molecule has 0 radical (unpaired) electrons. The first-order chi connectivity index (χ1) is 14.8. The number of benzene rings is 2. The Balaban J connectivity index is 1.47. The molecule has 2 fully saturated rings. The van der Waals surface area contributed by atoms with Crippen LogP contribution >= 0.6 is 0 Å². The third-order valence-corrected chi connectivity index (χ3v) is 7.62. The molecule has 160 valence electrons. The van der Waals surface area contributed by atoms with Gasteiger partial charge in [0.1, 0.15) is 0 Å². The van der Waals surface area contributed by atoms with E-state index in [1.807, 2.05) is 47.4 Å². The predicted octanol–water partition coefficient (Wildman–Crippen LogP) is 3.72. The van der Waals surface area contributed by atoms with Crippen LogP contribution in [0.15, 0.2) is 42.5 Å². The second-order valence-electron chi connectivity index (χ2n) is 9.39. The number of rotatable bonds is 3. The topological polar surface area (TPSA) is 65.8 Å². The number of nitrogens with zero attached hydrogens (tertiary/aromatic N) is 3. The Morgan fingerprint density at radius 1 is 1.13 bits per heavy atom. The van der Waals surface area contributed by atoms with Gasteiger partial charge in [-0.05, 0) is 63.2 Å². The first-order valence-corrected chi connectivity index (χ1v) is 10.7. The van der Waals surface area contributed by atoms with Crippen LogP contribution in [0.5, 0.6) is 11.5 Å². The number of fused-ring (bicyclic) bond motifs is 2. The second-order valence-corrected chi connectivity index (χ2v) is 9.39. The molecule has 0 aromatic heterocycles. The van der Waals surface area contributed by atoms with E-state index in [4.69, 9.17) is 14.7 Å². The summed E-state index contributed by atoms with van der Waals surface area (Å²) in [7, 11) is 2.11. The summed E-state index contributed by atoms with van der Waals surface area (Å²) in [6.45, 7) is 7.45. The smallest absolute Gasteiger partial charge is 0.231 e. The number of nitriles is 1. The Hall–Kier alpha value is -3.04. The summed E-state index contributed by atoms with van der Waals surface area (Å²) in [4.78, 5) is 18.1. The Morgan fingerprint density at radius 3 is 2.55 bits per heavy atom. The molecule has 31 heavy (non-hydrogen) atoms. The highest BCUT2D eigenvalue weighted by atomic mass is 16.7. The van der Waals surface area contributed by atoms with E-state index in [1.54, 1.807) is 0 Å². The average molecular weight is 418 g/mol. The van der Waals surface area contributed by atoms with Gasteiger partial charge < -0.3 is 14.4 Å². The van der Waals surface area contributed by atoms with E-state index >= 15 is 0 Å². The molecule has 4 unspecified atom stereocenters. The monoisotopic (exact) mass is 417 g/mol. The molecule has 3 aliphatic rings. The predicted molar refractivity (Wildman–Crippen MR) is 115 cm³/mol. The van der Waals surface area contributed by atoms with Gasteiger partial charge in [0, 0.05) is 30.1 Å². The highest BCUT2D eigenvalue weighted by Crippen LogP contribution is 2.56. The zero-order valence-electron chi connectivity index (χ0n) is 18.3. The first kappa shape index (κ1) is 19.9. The van der Waals surface area contributed by atoms with Crippen LogP contribution in [0.25, 0.3) is 0 Å². The Morgan fingerprint density at radius 2 is 1.84 bits per heavy atom. The van der Waals surface area contributed by atoms with Crippen LogP contribution < -0.4 is 9.47 Å². The van der Waals surface area contributed by atoms with Crippen molar-refractivity contribution in [3.8, 4) is 17.6 Å². The molecule has 0 saturated carbocycles. The lowest BCUT2D eigenvalue weighted by atomic mass is 9.78. The largest absolute Gasteiger partial charge is 0.454 e. The summed E-state index contributed by atoms with van der Waals surface area (Å²) in [5, 5.41) is 9.15. The molecule has 6 nitrogen and oxygen atoms in total. The van der Waals surface area contributed by atoms with E-state index in [1.165, 1.54) is 0 Å². The summed E-state index contributed by atoms with van der Waals surface area (Å²) in [6.07, 6.45) is 0. The lowest BCUT2D eigenvalue weighted by molar-refractivity contribution is -0.133. The molecular formula is C25H27N3O3. The average Bonchev–Trinajstić information content (AvgIpc) is 3.38. The molecule has 1 amide bonds. The van der Waals surface area contributed by atoms with Gasteiger partial charge in [-0.2, -0.15) is 5.26 Å². The van der Waals surface area contributed by atoms with Gasteiger partial charge in [-0.15, -0.1) is 0 Å². The zero-order valence-corrected chi connectivity index (χ0v) is 18.3. The Bertz CT molecular complexity index is 1070. The van der Waals surface area contributed by atoms with E-state index < -0.39 is 0 Å². The highest BCUT2D eigenvalue weighted by molar-refractivity contribution is 5.84. The van der Waals surface area contributed by atoms with Crippen molar-refractivity contribution in [2.75, 3.05) is 13.8 Å². The molecule has 3 heterocycles. The molecular weight excluding hydrogens is 390 g/mol. The number of carbonyl (C=O) groups excluding carboxylic acids is 1. The molecule has 0 spiro atoms. The highest BCUT2D eigenvalue weighted by Gasteiger charge is 2.62. The second kappa shape index (κ2) is 7.00. The molecule has 6 heteroatoms. The van der Waals surface area contributed by atoms with Gasteiger partial charge in [0.25, 0.3) is 0 Å². The molecule has 2 aromatic rings. The lowest BCUT2D eigenvalue weighted by Gasteiger charge is -2.39. The van der Waals surface area contributed by atoms with Crippen molar-refractivity contribution < 1.29 is 14.3 Å². The molecule has 0 bridgehead atoms. The van der Waals surface area contributed by atoms with E-state index in [0.717, 1.165) is 22.6 Å². The van der Waals surface area contributed by atoms with Crippen molar-refractivity contribution in [2.24, 2.45) is 11.8 Å². The van der Waals surface area contributed by atoms with E-state index in [0.29, 0.717) is 12.1 Å².